The molecule has 0 fully saturated rings. The van der Waals surface area contributed by atoms with Gasteiger partial charge in [0.15, 0.2) is 5.78 Å². The molecule has 3 heteroatoms. The molecule has 66 valence electrons. The Labute approximate surface area is 80.2 Å². The zero-order valence-corrected chi connectivity index (χ0v) is 8.10. The number of rotatable bonds is 2. The van der Waals surface area contributed by atoms with Crippen LogP contribution >= 0.6 is 11.3 Å². The monoisotopic (exact) mass is 191 g/mol. The summed E-state index contributed by atoms with van der Waals surface area (Å²) in [6.07, 6.45) is 2.20. The fourth-order valence-corrected chi connectivity index (χ4v) is 1.94. The van der Waals surface area contributed by atoms with E-state index in [-0.39, 0.29) is 5.78 Å². The first-order valence-corrected chi connectivity index (χ1v) is 5.05. The van der Waals surface area contributed by atoms with Gasteiger partial charge in [-0.1, -0.05) is 6.92 Å². The van der Waals surface area contributed by atoms with Gasteiger partial charge in [-0.05, 0) is 17.5 Å². The summed E-state index contributed by atoms with van der Waals surface area (Å²) in [6.45, 7) is 1.86. The molecule has 0 saturated heterocycles. The number of carbonyl (C=O) groups is 1. The Morgan fingerprint density at radius 1 is 1.62 bits per heavy atom. The van der Waals surface area contributed by atoms with E-state index in [1.807, 2.05) is 24.4 Å². The lowest BCUT2D eigenvalue weighted by Crippen LogP contribution is -1.96. The van der Waals surface area contributed by atoms with Crippen molar-refractivity contribution >= 4 is 27.3 Å². The Morgan fingerprint density at radius 2 is 2.46 bits per heavy atom. The van der Waals surface area contributed by atoms with E-state index in [4.69, 9.17) is 0 Å². The maximum atomic E-state index is 11.3. The van der Waals surface area contributed by atoms with Crippen LogP contribution < -0.4 is 0 Å². The highest BCUT2D eigenvalue weighted by atomic mass is 32.1. The number of hydrogen-bond acceptors (Lipinski definition) is 3. The van der Waals surface area contributed by atoms with E-state index < -0.39 is 0 Å². The van der Waals surface area contributed by atoms with Gasteiger partial charge >= 0.3 is 0 Å². The molecule has 0 amide bonds. The molecule has 2 nitrogen and oxygen atoms in total. The fraction of sp³-hybridized carbons (Fsp3) is 0.200. The van der Waals surface area contributed by atoms with Gasteiger partial charge in [0.1, 0.15) is 4.83 Å². The average Bonchev–Trinajstić information content (AvgIpc) is 2.63. The number of thiophene rings is 1. The number of fused-ring (bicyclic) bond motifs is 1. The zero-order chi connectivity index (χ0) is 9.26. The number of nitrogens with zero attached hydrogens (tertiary/aromatic N) is 1. The van der Waals surface area contributed by atoms with E-state index in [9.17, 15) is 4.79 Å². The predicted molar refractivity (Wildman–Crippen MR) is 54.2 cm³/mol. The zero-order valence-electron chi connectivity index (χ0n) is 7.28. The lowest BCUT2D eigenvalue weighted by Gasteiger charge is -1.96. The van der Waals surface area contributed by atoms with Crippen molar-refractivity contribution in [2.45, 2.75) is 13.3 Å². The second-order valence-corrected chi connectivity index (χ2v) is 3.71. The van der Waals surface area contributed by atoms with Gasteiger partial charge in [-0.15, -0.1) is 11.3 Å². The van der Waals surface area contributed by atoms with Gasteiger partial charge in [0.05, 0.1) is 0 Å². The van der Waals surface area contributed by atoms with Crippen LogP contribution in [0.15, 0.2) is 23.7 Å². The van der Waals surface area contributed by atoms with Crippen LogP contribution in [0.4, 0.5) is 0 Å². The van der Waals surface area contributed by atoms with Gasteiger partial charge < -0.3 is 0 Å². The molecule has 13 heavy (non-hydrogen) atoms. The van der Waals surface area contributed by atoms with E-state index in [0.29, 0.717) is 12.0 Å². The van der Waals surface area contributed by atoms with E-state index in [2.05, 4.69) is 4.98 Å². The SMILES string of the molecule is CCC(=O)c1cnc2sccc2c1. The second kappa shape index (κ2) is 3.26. The highest BCUT2D eigenvalue weighted by Gasteiger charge is 2.04. The Kier molecular flexibility index (Phi) is 2.10. The first-order chi connectivity index (χ1) is 6.31. The summed E-state index contributed by atoms with van der Waals surface area (Å²) < 4.78 is 0. The summed E-state index contributed by atoms with van der Waals surface area (Å²) in [7, 11) is 0. The molecular formula is C10H9NOS. The normalized spacial score (nSPS) is 10.5. The van der Waals surface area contributed by atoms with Crippen LogP contribution in [0.1, 0.15) is 23.7 Å². The van der Waals surface area contributed by atoms with E-state index in [1.165, 1.54) is 0 Å². The maximum Gasteiger partial charge on any atom is 0.164 e. The Morgan fingerprint density at radius 3 is 3.23 bits per heavy atom. The molecule has 2 heterocycles. The Bertz CT molecular complexity index is 447. The van der Waals surface area contributed by atoms with Gasteiger partial charge in [-0.25, -0.2) is 4.98 Å². The molecule has 2 aromatic rings. The van der Waals surface area contributed by atoms with Crippen LogP contribution in [0.3, 0.4) is 0 Å². The number of hydrogen-bond donors (Lipinski definition) is 0. The maximum absolute atomic E-state index is 11.3. The van der Waals surface area contributed by atoms with E-state index in [0.717, 1.165) is 10.2 Å². The molecule has 2 rings (SSSR count). The van der Waals surface area contributed by atoms with E-state index >= 15 is 0 Å². The van der Waals surface area contributed by atoms with Crippen molar-refractivity contribution < 1.29 is 4.79 Å². The smallest absolute Gasteiger partial charge is 0.164 e. The lowest BCUT2D eigenvalue weighted by molar-refractivity contribution is 0.0988. The molecule has 2 aromatic heterocycles. The average molecular weight is 191 g/mol. The highest BCUT2D eigenvalue weighted by Crippen LogP contribution is 2.19. The molecular weight excluding hydrogens is 182 g/mol. The van der Waals surface area contributed by atoms with Crippen LogP contribution in [0.2, 0.25) is 0 Å². The molecule has 0 N–H and O–H groups in total. The second-order valence-electron chi connectivity index (χ2n) is 2.82. The van der Waals surface area contributed by atoms with E-state index in [1.54, 1.807) is 17.5 Å². The van der Waals surface area contributed by atoms with Crippen molar-refractivity contribution in [2.24, 2.45) is 0 Å². The van der Waals surface area contributed by atoms with Crippen LogP contribution in [0.25, 0.3) is 10.2 Å². The fourth-order valence-electron chi connectivity index (χ4n) is 1.22. The number of Topliss-reactive ketones (excluding diaryl/α,β-unsaturated/α-hetero) is 1. The molecule has 0 bridgehead atoms. The summed E-state index contributed by atoms with van der Waals surface area (Å²) in [6, 6.07) is 3.89. The summed E-state index contributed by atoms with van der Waals surface area (Å²) in [5, 5.41) is 3.04. The van der Waals surface area contributed by atoms with Gasteiger partial charge in [-0.2, -0.15) is 0 Å². The molecule has 0 radical (unpaired) electrons. The van der Waals surface area contributed by atoms with Crippen molar-refractivity contribution in [3.63, 3.8) is 0 Å². The van der Waals surface area contributed by atoms with Crippen molar-refractivity contribution in [2.75, 3.05) is 0 Å². The minimum Gasteiger partial charge on any atom is -0.294 e. The predicted octanol–water partition coefficient (Wildman–Crippen LogP) is 2.89. The van der Waals surface area contributed by atoms with Crippen LogP contribution in [0, 0.1) is 0 Å². The third-order valence-corrected chi connectivity index (χ3v) is 2.79. The van der Waals surface area contributed by atoms with Gasteiger partial charge in [0.2, 0.25) is 0 Å². The topological polar surface area (TPSA) is 30.0 Å². The Hall–Kier alpha value is -1.22. The number of ketones is 1. The molecule has 0 aliphatic carbocycles. The number of carbonyl (C=O) groups excluding carboxylic acids is 1. The summed E-state index contributed by atoms with van der Waals surface area (Å²) >= 11 is 1.59. The third-order valence-electron chi connectivity index (χ3n) is 1.95. The number of aromatic nitrogens is 1. The van der Waals surface area contributed by atoms with Crippen molar-refractivity contribution in [3.8, 4) is 0 Å². The standard InChI is InChI=1S/C10H9NOS/c1-2-9(12)8-5-7-3-4-13-10(7)11-6-8/h3-6H,2H2,1H3. The number of pyridine rings is 1. The summed E-state index contributed by atoms with van der Waals surface area (Å²) in [5.41, 5.74) is 0.716. The molecule has 0 unspecified atom stereocenters. The lowest BCUT2D eigenvalue weighted by atomic mass is 10.1. The van der Waals surface area contributed by atoms with Crippen molar-refractivity contribution in [3.05, 3.63) is 29.3 Å². The van der Waals surface area contributed by atoms with Crippen LogP contribution in [0.5, 0.6) is 0 Å². The largest absolute Gasteiger partial charge is 0.294 e. The first-order valence-electron chi connectivity index (χ1n) is 4.17. The molecule has 0 spiro atoms. The molecule has 0 aromatic carbocycles. The molecule has 0 saturated carbocycles. The van der Waals surface area contributed by atoms with Crippen LogP contribution in [-0.4, -0.2) is 10.8 Å². The third kappa shape index (κ3) is 1.47. The van der Waals surface area contributed by atoms with Crippen molar-refractivity contribution in [1.29, 1.82) is 0 Å². The minimum absolute atomic E-state index is 0.153. The minimum atomic E-state index is 0.153. The Balaban J connectivity index is 2.54. The van der Waals surface area contributed by atoms with Gasteiger partial charge in [-0.3, -0.25) is 4.79 Å². The highest BCUT2D eigenvalue weighted by molar-refractivity contribution is 7.16. The first kappa shape index (κ1) is 8.38. The summed E-state index contributed by atoms with van der Waals surface area (Å²) in [4.78, 5) is 16.5. The molecule has 0 atom stereocenters. The van der Waals surface area contributed by atoms with Gasteiger partial charge in [0.25, 0.3) is 0 Å². The molecule has 0 aliphatic heterocycles. The van der Waals surface area contributed by atoms with Gasteiger partial charge in [0, 0.05) is 23.6 Å². The molecule has 0 aliphatic rings. The quantitative estimate of drug-likeness (QED) is 0.683. The van der Waals surface area contributed by atoms with Crippen molar-refractivity contribution in [1.82, 2.24) is 4.98 Å². The van der Waals surface area contributed by atoms with Crippen LogP contribution in [-0.2, 0) is 0 Å². The summed E-state index contributed by atoms with van der Waals surface area (Å²) in [5.74, 6) is 0.153.